The number of anilines is 3. The normalized spacial score (nSPS) is 16.2. The molecule has 8 heteroatoms. The molecule has 0 spiro atoms. The number of hydrogen-bond acceptors (Lipinski definition) is 8. The maximum atomic E-state index is 6.03. The maximum absolute atomic E-state index is 6.03. The zero-order valence-corrected chi connectivity index (χ0v) is 18.8. The van der Waals surface area contributed by atoms with E-state index in [-0.39, 0.29) is 12.0 Å². The summed E-state index contributed by atoms with van der Waals surface area (Å²) in [5.74, 6) is 2.93. The van der Waals surface area contributed by atoms with Crippen molar-refractivity contribution >= 4 is 17.6 Å². The van der Waals surface area contributed by atoms with Crippen LogP contribution in [0.2, 0.25) is 0 Å². The van der Waals surface area contributed by atoms with E-state index in [1.54, 1.807) is 14.2 Å². The van der Waals surface area contributed by atoms with E-state index in [9.17, 15) is 0 Å². The predicted octanol–water partition coefficient (Wildman–Crippen LogP) is 4.11. The van der Waals surface area contributed by atoms with Gasteiger partial charge in [-0.25, -0.2) is 0 Å². The van der Waals surface area contributed by atoms with Crippen LogP contribution in [0.5, 0.6) is 11.5 Å². The van der Waals surface area contributed by atoms with Crippen LogP contribution in [0.15, 0.2) is 42.5 Å². The Morgan fingerprint density at radius 1 is 1.09 bits per heavy atom. The molecule has 3 N–H and O–H groups in total. The highest BCUT2D eigenvalue weighted by molar-refractivity contribution is 5.58. The van der Waals surface area contributed by atoms with E-state index in [0.717, 1.165) is 48.6 Å². The van der Waals surface area contributed by atoms with Crippen LogP contribution in [-0.4, -0.2) is 40.6 Å². The van der Waals surface area contributed by atoms with Gasteiger partial charge in [0, 0.05) is 23.4 Å². The van der Waals surface area contributed by atoms with E-state index < -0.39 is 0 Å². The molecule has 2 heterocycles. The lowest BCUT2D eigenvalue weighted by atomic mass is 10.0. The molecule has 1 atom stereocenters. The summed E-state index contributed by atoms with van der Waals surface area (Å²) in [5, 5.41) is 3.31. The summed E-state index contributed by atoms with van der Waals surface area (Å²) in [7, 11) is 3.35. The second-order valence-corrected chi connectivity index (χ2v) is 7.81. The Bertz CT molecular complexity index is 1070. The molecule has 4 rings (SSSR count). The van der Waals surface area contributed by atoms with Gasteiger partial charge >= 0.3 is 0 Å². The average Bonchev–Trinajstić information content (AvgIpc) is 3.26. The van der Waals surface area contributed by atoms with Crippen molar-refractivity contribution in [3.05, 3.63) is 59.4 Å². The van der Waals surface area contributed by atoms with Gasteiger partial charge in [0.25, 0.3) is 0 Å². The van der Waals surface area contributed by atoms with Crippen LogP contribution in [0.3, 0.4) is 0 Å². The number of rotatable bonds is 8. The fraction of sp³-hybridized carbons (Fsp3) is 0.375. The van der Waals surface area contributed by atoms with Crippen LogP contribution in [0.25, 0.3) is 0 Å². The number of methoxy groups -OCH3 is 2. The first-order valence-electron chi connectivity index (χ1n) is 10.9. The number of aryl methyl sites for hydroxylation is 1. The fourth-order valence-electron chi connectivity index (χ4n) is 4.28. The van der Waals surface area contributed by atoms with Crippen molar-refractivity contribution in [2.75, 3.05) is 31.8 Å². The summed E-state index contributed by atoms with van der Waals surface area (Å²) in [6.07, 6.45) is 3.05. The van der Waals surface area contributed by atoms with Gasteiger partial charge in [0.05, 0.1) is 20.8 Å². The molecular weight excluding hydrogens is 404 g/mol. The molecule has 168 valence electrons. The Kier molecular flexibility index (Phi) is 6.70. The summed E-state index contributed by atoms with van der Waals surface area (Å²) in [6, 6.07) is 14.3. The lowest BCUT2D eigenvalue weighted by molar-refractivity contribution is 0.237. The molecule has 1 saturated heterocycles. The Morgan fingerprint density at radius 3 is 2.72 bits per heavy atom. The lowest BCUT2D eigenvalue weighted by Crippen LogP contribution is -2.25. The van der Waals surface area contributed by atoms with Crippen molar-refractivity contribution in [3.63, 3.8) is 0 Å². The molecule has 0 aliphatic carbocycles. The number of nitrogens with one attached hydrogen (secondary N) is 1. The molecule has 2 aromatic carbocycles. The van der Waals surface area contributed by atoms with E-state index >= 15 is 0 Å². The molecular formula is C24H30N6O2. The van der Waals surface area contributed by atoms with Crippen molar-refractivity contribution in [2.45, 2.75) is 38.8 Å². The van der Waals surface area contributed by atoms with Crippen LogP contribution < -0.4 is 20.5 Å². The molecule has 0 radical (unpaired) electrons. The first kappa shape index (κ1) is 21.8. The van der Waals surface area contributed by atoms with Crippen molar-refractivity contribution in [1.82, 2.24) is 19.9 Å². The van der Waals surface area contributed by atoms with Gasteiger partial charge in [0.15, 0.2) is 0 Å². The number of ether oxygens (including phenoxy) is 2. The fourth-order valence-corrected chi connectivity index (χ4v) is 4.28. The van der Waals surface area contributed by atoms with Crippen molar-refractivity contribution in [3.8, 4) is 11.5 Å². The van der Waals surface area contributed by atoms with E-state index in [1.807, 2.05) is 30.3 Å². The molecule has 32 heavy (non-hydrogen) atoms. The molecule has 0 bridgehead atoms. The van der Waals surface area contributed by atoms with E-state index in [1.165, 1.54) is 5.56 Å². The summed E-state index contributed by atoms with van der Waals surface area (Å²) in [6.45, 7) is 3.65. The monoisotopic (exact) mass is 434 g/mol. The second-order valence-electron chi connectivity index (χ2n) is 7.81. The highest BCUT2D eigenvalue weighted by atomic mass is 16.5. The van der Waals surface area contributed by atoms with Crippen LogP contribution in [0, 0.1) is 0 Å². The van der Waals surface area contributed by atoms with Crippen LogP contribution >= 0.6 is 0 Å². The van der Waals surface area contributed by atoms with Crippen molar-refractivity contribution < 1.29 is 9.47 Å². The quantitative estimate of drug-likeness (QED) is 0.546. The maximum Gasteiger partial charge on any atom is 0.232 e. The number of hydrogen-bond donors (Lipinski definition) is 2. The summed E-state index contributed by atoms with van der Waals surface area (Å²) < 4.78 is 11.0. The minimum atomic E-state index is 0.212. The third-order valence-corrected chi connectivity index (χ3v) is 5.85. The molecule has 1 fully saturated rings. The van der Waals surface area contributed by atoms with Gasteiger partial charge in [-0.2, -0.15) is 15.0 Å². The van der Waals surface area contributed by atoms with Gasteiger partial charge in [0.2, 0.25) is 11.9 Å². The predicted molar refractivity (Wildman–Crippen MR) is 125 cm³/mol. The van der Waals surface area contributed by atoms with E-state index in [4.69, 9.17) is 15.2 Å². The highest BCUT2D eigenvalue weighted by Crippen LogP contribution is 2.39. The molecule has 0 saturated carbocycles. The Morgan fingerprint density at radius 2 is 1.94 bits per heavy atom. The lowest BCUT2D eigenvalue weighted by Gasteiger charge is -2.26. The van der Waals surface area contributed by atoms with Crippen LogP contribution in [0.4, 0.5) is 17.6 Å². The van der Waals surface area contributed by atoms with E-state index in [0.29, 0.717) is 18.3 Å². The minimum absolute atomic E-state index is 0.212. The third kappa shape index (κ3) is 4.75. The summed E-state index contributed by atoms with van der Waals surface area (Å²) in [4.78, 5) is 15.7. The molecule has 0 unspecified atom stereocenters. The van der Waals surface area contributed by atoms with Gasteiger partial charge in [-0.05, 0) is 43.5 Å². The smallest absolute Gasteiger partial charge is 0.232 e. The Labute approximate surface area is 188 Å². The number of para-hydroxylation sites is 1. The van der Waals surface area contributed by atoms with Gasteiger partial charge < -0.3 is 20.5 Å². The number of nitrogens with two attached hydrogens (primary N) is 1. The topological polar surface area (TPSA) is 98.4 Å². The average molecular weight is 435 g/mol. The Hall–Kier alpha value is -3.39. The molecule has 8 nitrogen and oxygen atoms in total. The third-order valence-electron chi connectivity index (χ3n) is 5.85. The largest absolute Gasteiger partial charge is 0.497 e. The van der Waals surface area contributed by atoms with E-state index in [2.05, 4.69) is 44.2 Å². The first-order chi connectivity index (χ1) is 15.6. The molecule has 1 aromatic heterocycles. The standard InChI is InChI=1S/C24H30N6O2/c1-4-16-8-5-6-9-19(16)26-24-28-22(27-23(25)29-24)15-30-13-7-10-20(30)18-12-11-17(31-2)14-21(18)32-3/h5-6,8-9,11-12,14,20H,4,7,10,13,15H2,1-3H3,(H3,25,26,27,28,29)/t20-/m0/s1. The summed E-state index contributed by atoms with van der Waals surface area (Å²) in [5.41, 5.74) is 9.34. The molecule has 1 aliphatic rings. The van der Waals surface area contributed by atoms with Crippen molar-refractivity contribution in [2.24, 2.45) is 0 Å². The van der Waals surface area contributed by atoms with Crippen LogP contribution in [-0.2, 0) is 13.0 Å². The van der Waals surface area contributed by atoms with Crippen molar-refractivity contribution in [1.29, 1.82) is 0 Å². The van der Waals surface area contributed by atoms with Gasteiger partial charge in [-0.15, -0.1) is 0 Å². The number of nitrogen functional groups attached to an aromatic ring is 1. The number of benzene rings is 2. The van der Waals surface area contributed by atoms with Gasteiger partial charge in [-0.3, -0.25) is 4.90 Å². The van der Waals surface area contributed by atoms with Crippen LogP contribution in [0.1, 0.15) is 42.8 Å². The molecule has 0 amide bonds. The highest BCUT2D eigenvalue weighted by Gasteiger charge is 2.29. The number of likely N-dealkylation sites (tertiary alicyclic amines) is 1. The zero-order valence-electron chi connectivity index (χ0n) is 18.8. The summed E-state index contributed by atoms with van der Waals surface area (Å²) >= 11 is 0. The van der Waals surface area contributed by atoms with Gasteiger partial charge in [-0.1, -0.05) is 31.2 Å². The molecule has 1 aliphatic heterocycles. The molecule has 3 aromatic rings. The number of nitrogens with zero attached hydrogens (tertiary/aromatic N) is 4. The minimum Gasteiger partial charge on any atom is -0.497 e. The number of aromatic nitrogens is 3. The second kappa shape index (κ2) is 9.82. The van der Waals surface area contributed by atoms with Gasteiger partial charge in [0.1, 0.15) is 17.3 Å². The first-order valence-corrected chi connectivity index (χ1v) is 10.9. The zero-order chi connectivity index (χ0) is 22.5. The Balaban J connectivity index is 1.56. The SMILES string of the molecule is CCc1ccccc1Nc1nc(N)nc(CN2CCC[C@H]2c2ccc(OC)cc2OC)n1.